The number of amides is 2. The number of benzene rings is 1. The highest BCUT2D eigenvalue weighted by Crippen LogP contribution is 2.19. The van der Waals surface area contributed by atoms with E-state index in [1.165, 1.54) is 0 Å². The predicted molar refractivity (Wildman–Crippen MR) is 90.4 cm³/mol. The quantitative estimate of drug-likeness (QED) is 0.816. The van der Waals surface area contributed by atoms with Crippen LogP contribution in [-0.4, -0.2) is 36.3 Å². The first-order chi connectivity index (χ1) is 10.6. The van der Waals surface area contributed by atoms with Crippen LogP contribution < -0.4 is 5.32 Å². The second kappa shape index (κ2) is 8.13. The molecule has 0 bridgehead atoms. The molecule has 0 atom stereocenters. The van der Waals surface area contributed by atoms with E-state index in [1.807, 2.05) is 29.2 Å². The smallest absolute Gasteiger partial charge is 0.226 e. The topological polar surface area (TPSA) is 49.4 Å². The number of carbonyl (C=O) groups is 2. The molecule has 0 radical (unpaired) electrons. The lowest BCUT2D eigenvalue weighted by Gasteiger charge is -2.31. The van der Waals surface area contributed by atoms with Crippen LogP contribution in [0.25, 0.3) is 0 Å². The summed E-state index contributed by atoms with van der Waals surface area (Å²) in [5.74, 6) is 0.212. The fraction of sp³-hybridized carbons (Fsp3) is 0.412. The molecular weight excluding hydrogens is 344 g/mol. The lowest BCUT2D eigenvalue weighted by molar-refractivity contribution is -0.135. The Balaban J connectivity index is 1.80. The van der Waals surface area contributed by atoms with Gasteiger partial charge in [0.25, 0.3) is 0 Å². The molecule has 118 valence electrons. The molecule has 1 saturated heterocycles. The maximum atomic E-state index is 12.3. The Morgan fingerprint density at radius 3 is 2.50 bits per heavy atom. The van der Waals surface area contributed by atoms with Gasteiger partial charge in [0, 0.05) is 30.0 Å². The van der Waals surface area contributed by atoms with E-state index < -0.39 is 0 Å². The number of hydrogen-bond acceptors (Lipinski definition) is 2. The average molecular weight is 365 g/mol. The van der Waals surface area contributed by atoms with E-state index in [0.717, 1.165) is 22.9 Å². The number of piperidine rings is 1. The van der Waals surface area contributed by atoms with Gasteiger partial charge in [0.05, 0.1) is 6.42 Å². The van der Waals surface area contributed by atoms with Crippen molar-refractivity contribution < 1.29 is 9.59 Å². The van der Waals surface area contributed by atoms with Gasteiger partial charge in [-0.1, -0.05) is 34.1 Å². The van der Waals surface area contributed by atoms with Gasteiger partial charge in [-0.3, -0.25) is 9.59 Å². The van der Waals surface area contributed by atoms with Gasteiger partial charge in [0.2, 0.25) is 11.8 Å². The van der Waals surface area contributed by atoms with E-state index in [1.54, 1.807) is 6.08 Å². The molecule has 2 rings (SSSR count). The molecule has 22 heavy (non-hydrogen) atoms. The van der Waals surface area contributed by atoms with Crippen molar-refractivity contribution in [3.63, 3.8) is 0 Å². The lowest BCUT2D eigenvalue weighted by Crippen LogP contribution is -2.43. The van der Waals surface area contributed by atoms with Crippen molar-refractivity contribution in [3.8, 4) is 0 Å². The van der Waals surface area contributed by atoms with Gasteiger partial charge >= 0.3 is 0 Å². The number of nitrogens with one attached hydrogen (secondary N) is 1. The summed E-state index contributed by atoms with van der Waals surface area (Å²) in [4.78, 5) is 26.1. The molecule has 1 aliphatic rings. The summed E-state index contributed by atoms with van der Waals surface area (Å²) >= 11 is 3.39. The monoisotopic (exact) mass is 364 g/mol. The highest BCUT2D eigenvalue weighted by atomic mass is 79.9. The summed E-state index contributed by atoms with van der Waals surface area (Å²) in [5, 5.41) is 2.83. The van der Waals surface area contributed by atoms with Crippen LogP contribution in [0.1, 0.15) is 18.4 Å². The number of carbonyl (C=O) groups excluding carboxylic acids is 2. The number of hydrogen-bond donors (Lipinski definition) is 1. The minimum atomic E-state index is 0.0108. The van der Waals surface area contributed by atoms with Crippen molar-refractivity contribution in [1.82, 2.24) is 10.2 Å². The standard InChI is InChI=1S/C17H21BrN2O2/c1-2-9-19-17(22)14-7-10-20(11-8-14)16(21)12-13-3-5-15(18)6-4-13/h2-6,14H,1,7-12H2,(H,19,22). The molecule has 1 aromatic carbocycles. The van der Waals surface area contributed by atoms with Crippen LogP contribution in [0.4, 0.5) is 0 Å². The Hall–Kier alpha value is -1.62. The molecule has 1 N–H and O–H groups in total. The maximum absolute atomic E-state index is 12.3. The molecule has 1 fully saturated rings. The van der Waals surface area contributed by atoms with Crippen LogP contribution in [0.5, 0.6) is 0 Å². The van der Waals surface area contributed by atoms with Crippen LogP contribution >= 0.6 is 15.9 Å². The lowest BCUT2D eigenvalue weighted by atomic mass is 9.95. The molecule has 1 aromatic rings. The van der Waals surface area contributed by atoms with Crippen molar-refractivity contribution in [3.05, 3.63) is 47.0 Å². The van der Waals surface area contributed by atoms with E-state index in [0.29, 0.717) is 26.1 Å². The van der Waals surface area contributed by atoms with E-state index in [2.05, 4.69) is 27.8 Å². The fourth-order valence-corrected chi connectivity index (χ4v) is 2.86. The van der Waals surface area contributed by atoms with E-state index in [4.69, 9.17) is 0 Å². The second-order valence-corrected chi connectivity index (χ2v) is 6.41. The molecule has 1 aliphatic heterocycles. The minimum Gasteiger partial charge on any atom is -0.352 e. The Kier molecular flexibility index (Phi) is 6.19. The first-order valence-corrected chi connectivity index (χ1v) is 8.30. The minimum absolute atomic E-state index is 0.0108. The van der Waals surface area contributed by atoms with Crippen molar-refractivity contribution in [2.45, 2.75) is 19.3 Å². The predicted octanol–water partition coefficient (Wildman–Crippen LogP) is 2.53. The summed E-state index contributed by atoms with van der Waals surface area (Å²) < 4.78 is 1.01. The third-order valence-electron chi connectivity index (χ3n) is 3.91. The molecule has 0 aromatic heterocycles. The molecular formula is C17H21BrN2O2. The Bertz CT molecular complexity index is 534. The van der Waals surface area contributed by atoms with E-state index in [-0.39, 0.29) is 17.7 Å². The second-order valence-electron chi connectivity index (χ2n) is 5.49. The highest BCUT2D eigenvalue weighted by molar-refractivity contribution is 9.10. The van der Waals surface area contributed by atoms with Crippen LogP contribution in [-0.2, 0) is 16.0 Å². The Morgan fingerprint density at radius 2 is 1.91 bits per heavy atom. The van der Waals surface area contributed by atoms with Crippen molar-refractivity contribution in [2.24, 2.45) is 5.92 Å². The number of likely N-dealkylation sites (tertiary alicyclic amines) is 1. The van der Waals surface area contributed by atoms with E-state index >= 15 is 0 Å². The third kappa shape index (κ3) is 4.70. The molecule has 0 saturated carbocycles. The van der Waals surface area contributed by atoms with Crippen LogP contribution in [0.2, 0.25) is 0 Å². The van der Waals surface area contributed by atoms with Gasteiger partial charge in [0.15, 0.2) is 0 Å². The van der Waals surface area contributed by atoms with Gasteiger partial charge in [-0.25, -0.2) is 0 Å². The van der Waals surface area contributed by atoms with Gasteiger partial charge in [0.1, 0.15) is 0 Å². The number of halogens is 1. The molecule has 0 aliphatic carbocycles. The van der Waals surface area contributed by atoms with Crippen molar-refractivity contribution in [1.29, 1.82) is 0 Å². The first kappa shape index (κ1) is 16.7. The van der Waals surface area contributed by atoms with Gasteiger partial charge < -0.3 is 10.2 Å². The summed E-state index contributed by atoms with van der Waals surface area (Å²) in [7, 11) is 0. The SMILES string of the molecule is C=CCNC(=O)C1CCN(C(=O)Cc2ccc(Br)cc2)CC1. The third-order valence-corrected chi connectivity index (χ3v) is 4.44. The fourth-order valence-electron chi connectivity index (χ4n) is 2.60. The highest BCUT2D eigenvalue weighted by Gasteiger charge is 2.26. The van der Waals surface area contributed by atoms with Crippen LogP contribution in [0.3, 0.4) is 0 Å². The zero-order valence-electron chi connectivity index (χ0n) is 12.6. The maximum Gasteiger partial charge on any atom is 0.226 e. The van der Waals surface area contributed by atoms with Gasteiger partial charge in [-0.05, 0) is 30.5 Å². The summed E-state index contributed by atoms with van der Waals surface area (Å²) in [6.45, 7) is 5.40. The van der Waals surface area contributed by atoms with Crippen LogP contribution in [0.15, 0.2) is 41.4 Å². The van der Waals surface area contributed by atoms with Crippen molar-refractivity contribution >= 4 is 27.7 Å². The van der Waals surface area contributed by atoms with Crippen molar-refractivity contribution in [2.75, 3.05) is 19.6 Å². The summed E-state index contributed by atoms with van der Waals surface area (Å²) in [6, 6.07) is 7.80. The molecule has 2 amide bonds. The summed E-state index contributed by atoms with van der Waals surface area (Å²) in [5.41, 5.74) is 1.01. The molecule has 0 unspecified atom stereocenters. The first-order valence-electron chi connectivity index (χ1n) is 7.51. The molecule has 4 nitrogen and oxygen atoms in total. The molecule has 1 heterocycles. The Labute approximate surface area is 139 Å². The zero-order valence-corrected chi connectivity index (χ0v) is 14.1. The van der Waals surface area contributed by atoms with Gasteiger partial charge in [-0.2, -0.15) is 0 Å². The average Bonchev–Trinajstić information content (AvgIpc) is 2.55. The van der Waals surface area contributed by atoms with Gasteiger partial charge in [-0.15, -0.1) is 6.58 Å². The zero-order chi connectivity index (χ0) is 15.9. The number of rotatable bonds is 5. The normalized spacial score (nSPS) is 15.4. The largest absolute Gasteiger partial charge is 0.352 e. The Morgan fingerprint density at radius 1 is 1.27 bits per heavy atom. The van der Waals surface area contributed by atoms with Crippen LogP contribution in [0, 0.1) is 5.92 Å². The molecule has 0 spiro atoms. The number of nitrogens with zero attached hydrogens (tertiary/aromatic N) is 1. The van der Waals surface area contributed by atoms with E-state index in [9.17, 15) is 9.59 Å². The molecule has 5 heteroatoms. The summed E-state index contributed by atoms with van der Waals surface area (Å²) in [6.07, 6.45) is 3.56.